The number of carbonyl (C=O) groups is 1. The molecule has 3 nitrogen and oxygen atoms in total. The van der Waals surface area contributed by atoms with Crippen LogP contribution >= 0.6 is 0 Å². The summed E-state index contributed by atoms with van der Waals surface area (Å²) >= 11 is 0. The average molecular weight is 250 g/mol. The molecular weight excluding hydrogens is 231 g/mol. The Balaban J connectivity index is 2.14. The molecule has 1 aliphatic carbocycles. The second-order valence-electron chi connectivity index (χ2n) is 5.07. The molecule has 0 bridgehead atoms. The van der Waals surface area contributed by atoms with Gasteiger partial charge in [0, 0.05) is 11.7 Å². The van der Waals surface area contributed by atoms with Crippen LogP contribution in [-0.2, 0) is 0 Å². The number of nitrogens with one attached hydrogen (secondary N) is 1. The maximum Gasteiger partial charge on any atom is 0.251 e. The molecule has 0 aliphatic heterocycles. The minimum atomic E-state index is -0.729. The van der Waals surface area contributed by atoms with E-state index in [4.69, 9.17) is 5.73 Å². The molecule has 2 unspecified atom stereocenters. The van der Waals surface area contributed by atoms with Gasteiger partial charge >= 0.3 is 0 Å². The standard InChI is InChI=1S/C14H19FN2O/c1-9-4-2-3-5-13(9)17-10-6-7-12(15)11(8-10)14(16)18/h6-9,13,17H,2-5H2,1H3,(H2,16,18). The van der Waals surface area contributed by atoms with Crippen molar-refractivity contribution in [3.05, 3.63) is 29.6 Å². The van der Waals surface area contributed by atoms with E-state index in [1.807, 2.05) is 0 Å². The van der Waals surface area contributed by atoms with E-state index >= 15 is 0 Å². The second kappa shape index (κ2) is 5.38. The fourth-order valence-corrected chi connectivity index (χ4v) is 2.55. The van der Waals surface area contributed by atoms with E-state index in [0.29, 0.717) is 12.0 Å². The van der Waals surface area contributed by atoms with E-state index in [0.717, 1.165) is 12.1 Å². The zero-order chi connectivity index (χ0) is 13.1. The second-order valence-corrected chi connectivity index (χ2v) is 5.07. The molecule has 98 valence electrons. The van der Waals surface area contributed by atoms with Crippen molar-refractivity contribution >= 4 is 11.6 Å². The highest BCUT2D eigenvalue weighted by Crippen LogP contribution is 2.27. The van der Waals surface area contributed by atoms with Gasteiger partial charge in [-0.1, -0.05) is 19.8 Å². The molecule has 1 aromatic rings. The van der Waals surface area contributed by atoms with Gasteiger partial charge in [0.2, 0.25) is 0 Å². The van der Waals surface area contributed by atoms with Crippen molar-refractivity contribution in [3.8, 4) is 0 Å². The molecule has 1 saturated carbocycles. The molecule has 2 rings (SSSR count). The third-order valence-corrected chi connectivity index (χ3v) is 3.70. The van der Waals surface area contributed by atoms with E-state index in [2.05, 4.69) is 12.2 Å². The number of hydrogen-bond donors (Lipinski definition) is 2. The molecule has 18 heavy (non-hydrogen) atoms. The first-order chi connectivity index (χ1) is 8.58. The molecule has 1 aromatic carbocycles. The number of anilines is 1. The molecule has 1 fully saturated rings. The van der Waals surface area contributed by atoms with Crippen molar-refractivity contribution < 1.29 is 9.18 Å². The SMILES string of the molecule is CC1CCCCC1Nc1ccc(F)c(C(N)=O)c1. The fraction of sp³-hybridized carbons (Fsp3) is 0.500. The molecule has 0 heterocycles. The number of benzene rings is 1. The molecule has 1 aliphatic rings. The monoisotopic (exact) mass is 250 g/mol. The Kier molecular flexibility index (Phi) is 3.84. The fourth-order valence-electron chi connectivity index (χ4n) is 2.55. The lowest BCUT2D eigenvalue weighted by atomic mass is 9.86. The summed E-state index contributed by atoms with van der Waals surface area (Å²) in [5.41, 5.74) is 5.85. The molecule has 3 N–H and O–H groups in total. The van der Waals surface area contributed by atoms with Gasteiger partial charge in [-0.15, -0.1) is 0 Å². The van der Waals surface area contributed by atoms with Crippen molar-refractivity contribution in [1.82, 2.24) is 0 Å². The molecular formula is C14H19FN2O. The largest absolute Gasteiger partial charge is 0.382 e. The van der Waals surface area contributed by atoms with Crippen molar-refractivity contribution in [3.63, 3.8) is 0 Å². The van der Waals surface area contributed by atoms with Gasteiger partial charge in [0.25, 0.3) is 5.91 Å². The van der Waals surface area contributed by atoms with Gasteiger partial charge in [-0.05, 0) is 37.0 Å². The quantitative estimate of drug-likeness (QED) is 0.866. The lowest BCUT2D eigenvalue weighted by Crippen LogP contribution is -2.30. The van der Waals surface area contributed by atoms with E-state index in [9.17, 15) is 9.18 Å². The van der Waals surface area contributed by atoms with Crippen LogP contribution in [0.1, 0.15) is 43.0 Å². The average Bonchev–Trinajstić information content (AvgIpc) is 2.34. The van der Waals surface area contributed by atoms with Crippen molar-refractivity contribution in [1.29, 1.82) is 0 Å². The maximum absolute atomic E-state index is 13.3. The van der Waals surface area contributed by atoms with Crippen LogP contribution in [0.4, 0.5) is 10.1 Å². The number of carbonyl (C=O) groups excluding carboxylic acids is 1. The summed E-state index contributed by atoms with van der Waals surface area (Å²) in [4.78, 5) is 11.1. The van der Waals surface area contributed by atoms with Crippen LogP contribution in [0.15, 0.2) is 18.2 Å². The van der Waals surface area contributed by atoms with Gasteiger partial charge in [0.05, 0.1) is 5.56 Å². The first-order valence-electron chi connectivity index (χ1n) is 6.44. The van der Waals surface area contributed by atoms with Crippen molar-refractivity contribution in [2.75, 3.05) is 5.32 Å². The predicted octanol–water partition coefficient (Wildman–Crippen LogP) is 2.92. The number of hydrogen-bond acceptors (Lipinski definition) is 2. The summed E-state index contributed by atoms with van der Waals surface area (Å²) in [7, 11) is 0. The van der Waals surface area contributed by atoms with E-state index < -0.39 is 11.7 Å². The summed E-state index contributed by atoms with van der Waals surface area (Å²) in [5, 5.41) is 3.38. The highest BCUT2D eigenvalue weighted by atomic mass is 19.1. The van der Waals surface area contributed by atoms with Gasteiger partial charge in [-0.25, -0.2) is 4.39 Å². The molecule has 0 spiro atoms. The smallest absolute Gasteiger partial charge is 0.251 e. The summed E-state index contributed by atoms with van der Waals surface area (Å²) < 4.78 is 13.3. The number of rotatable bonds is 3. The van der Waals surface area contributed by atoms with Gasteiger partial charge in [-0.2, -0.15) is 0 Å². The van der Waals surface area contributed by atoms with E-state index in [1.165, 1.54) is 31.4 Å². The Morgan fingerprint density at radius 2 is 2.11 bits per heavy atom. The molecule has 2 atom stereocenters. The predicted molar refractivity (Wildman–Crippen MR) is 70.0 cm³/mol. The van der Waals surface area contributed by atoms with Gasteiger partial charge < -0.3 is 11.1 Å². The first-order valence-corrected chi connectivity index (χ1v) is 6.44. The normalized spacial score (nSPS) is 23.7. The van der Waals surface area contributed by atoms with E-state index in [1.54, 1.807) is 6.07 Å². The minimum Gasteiger partial charge on any atom is -0.382 e. The van der Waals surface area contributed by atoms with Gasteiger partial charge in [-0.3, -0.25) is 4.79 Å². The highest BCUT2D eigenvalue weighted by molar-refractivity contribution is 5.94. The Morgan fingerprint density at radius 1 is 1.39 bits per heavy atom. The lowest BCUT2D eigenvalue weighted by Gasteiger charge is -2.30. The Morgan fingerprint density at radius 3 is 2.78 bits per heavy atom. The van der Waals surface area contributed by atoms with E-state index in [-0.39, 0.29) is 5.56 Å². The van der Waals surface area contributed by atoms with Gasteiger partial charge in [0.15, 0.2) is 0 Å². The molecule has 0 saturated heterocycles. The Hall–Kier alpha value is -1.58. The Labute approximate surface area is 107 Å². The first kappa shape index (κ1) is 12.9. The highest BCUT2D eigenvalue weighted by Gasteiger charge is 2.21. The van der Waals surface area contributed by atoms with Crippen LogP contribution in [0.25, 0.3) is 0 Å². The third-order valence-electron chi connectivity index (χ3n) is 3.70. The number of halogens is 1. The molecule has 0 aromatic heterocycles. The molecule has 1 amide bonds. The van der Waals surface area contributed by atoms with Crippen LogP contribution in [-0.4, -0.2) is 11.9 Å². The van der Waals surface area contributed by atoms with Crippen molar-refractivity contribution in [2.24, 2.45) is 11.7 Å². The number of nitrogens with two attached hydrogens (primary N) is 1. The zero-order valence-corrected chi connectivity index (χ0v) is 10.6. The minimum absolute atomic E-state index is 0.0523. The van der Waals surface area contributed by atoms with Crippen LogP contribution in [0.3, 0.4) is 0 Å². The van der Waals surface area contributed by atoms with Crippen LogP contribution in [0.2, 0.25) is 0 Å². The van der Waals surface area contributed by atoms with Crippen LogP contribution in [0, 0.1) is 11.7 Å². The summed E-state index contributed by atoms with van der Waals surface area (Å²) in [6.45, 7) is 2.22. The number of amides is 1. The van der Waals surface area contributed by atoms with Crippen LogP contribution in [0.5, 0.6) is 0 Å². The zero-order valence-electron chi connectivity index (χ0n) is 10.6. The third kappa shape index (κ3) is 2.81. The summed E-state index contributed by atoms with van der Waals surface area (Å²) in [5.74, 6) is -0.696. The van der Waals surface area contributed by atoms with Gasteiger partial charge in [0.1, 0.15) is 5.82 Å². The summed E-state index contributed by atoms with van der Waals surface area (Å²) in [6, 6.07) is 4.84. The molecule has 4 heteroatoms. The maximum atomic E-state index is 13.3. The topological polar surface area (TPSA) is 55.1 Å². The van der Waals surface area contributed by atoms with Crippen LogP contribution < -0.4 is 11.1 Å². The summed E-state index contributed by atoms with van der Waals surface area (Å²) in [6.07, 6.45) is 4.81. The number of primary amides is 1. The molecule has 0 radical (unpaired) electrons. The van der Waals surface area contributed by atoms with Crippen molar-refractivity contribution in [2.45, 2.75) is 38.6 Å². The lowest BCUT2D eigenvalue weighted by molar-refractivity contribution is 0.0996. The Bertz CT molecular complexity index is 447.